The molecule has 0 spiro atoms. The van der Waals surface area contributed by atoms with Gasteiger partial charge in [0.2, 0.25) is 0 Å². The lowest BCUT2D eigenvalue weighted by Gasteiger charge is -2.07. The van der Waals surface area contributed by atoms with Gasteiger partial charge in [0, 0.05) is 12.2 Å². The first-order chi connectivity index (χ1) is 7.24. The van der Waals surface area contributed by atoms with Gasteiger partial charge in [-0.3, -0.25) is 0 Å². The summed E-state index contributed by atoms with van der Waals surface area (Å²) >= 11 is 4.87. The molecule has 4 heteroatoms. The number of hydrogen-bond donors (Lipinski definition) is 1. The van der Waals surface area contributed by atoms with Crippen LogP contribution in [0.2, 0.25) is 0 Å². The highest BCUT2D eigenvalue weighted by atomic mass is 32.1. The highest BCUT2D eigenvalue weighted by Crippen LogP contribution is 2.12. The predicted octanol–water partition coefficient (Wildman–Crippen LogP) is 1.74. The Bertz CT molecular complexity index is 328. The number of benzene rings is 1. The van der Waals surface area contributed by atoms with Gasteiger partial charge < -0.3 is 15.2 Å². The molecule has 0 radical (unpaired) electrons. The second-order valence-electron chi connectivity index (χ2n) is 2.94. The van der Waals surface area contributed by atoms with E-state index >= 15 is 0 Å². The van der Waals surface area contributed by atoms with Gasteiger partial charge in [-0.1, -0.05) is 24.4 Å². The maximum atomic E-state index is 5.51. The van der Waals surface area contributed by atoms with Crippen molar-refractivity contribution in [3.8, 4) is 5.75 Å². The third-order valence-electron chi connectivity index (χ3n) is 1.82. The summed E-state index contributed by atoms with van der Waals surface area (Å²) in [5.41, 5.74) is 6.33. The van der Waals surface area contributed by atoms with E-state index in [4.69, 9.17) is 27.4 Å². The SMILES string of the molecule is CCOCCOc1cccc(C(N)=S)c1. The van der Waals surface area contributed by atoms with Crippen LogP contribution in [0.5, 0.6) is 5.75 Å². The van der Waals surface area contributed by atoms with E-state index in [1.165, 1.54) is 0 Å². The molecule has 0 atom stereocenters. The molecule has 2 N–H and O–H groups in total. The van der Waals surface area contributed by atoms with E-state index in [1.807, 2.05) is 31.2 Å². The number of thiocarbonyl (C=S) groups is 1. The molecule has 82 valence electrons. The van der Waals surface area contributed by atoms with E-state index in [0.717, 1.165) is 11.3 Å². The summed E-state index contributed by atoms with van der Waals surface area (Å²) in [5, 5.41) is 0. The highest BCUT2D eigenvalue weighted by Gasteiger charge is 1.98. The minimum Gasteiger partial charge on any atom is -0.491 e. The van der Waals surface area contributed by atoms with Crippen LogP contribution in [-0.4, -0.2) is 24.8 Å². The molecule has 0 aliphatic heterocycles. The summed E-state index contributed by atoms with van der Waals surface area (Å²) in [6.45, 7) is 3.78. The van der Waals surface area contributed by atoms with E-state index in [-0.39, 0.29) is 0 Å². The Hall–Kier alpha value is -1.13. The van der Waals surface area contributed by atoms with Gasteiger partial charge in [0.15, 0.2) is 0 Å². The molecule has 0 heterocycles. The molecule has 0 amide bonds. The summed E-state index contributed by atoms with van der Waals surface area (Å²) in [7, 11) is 0. The van der Waals surface area contributed by atoms with Crippen LogP contribution >= 0.6 is 12.2 Å². The van der Waals surface area contributed by atoms with Crippen molar-refractivity contribution >= 4 is 17.2 Å². The maximum absolute atomic E-state index is 5.51. The normalized spacial score (nSPS) is 9.93. The average Bonchev–Trinajstić information content (AvgIpc) is 2.25. The lowest BCUT2D eigenvalue weighted by atomic mass is 10.2. The van der Waals surface area contributed by atoms with Crippen molar-refractivity contribution in [2.45, 2.75) is 6.92 Å². The topological polar surface area (TPSA) is 44.5 Å². The van der Waals surface area contributed by atoms with Crippen molar-refractivity contribution in [3.05, 3.63) is 29.8 Å². The van der Waals surface area contributed by atoms with Crippen LogP contribution in [0.25, 0.3) is 0 Å². The highest BCUT2D eigenvalue weighted by molar-refractivity contribution is 7.80. The minimum absolute atomic E-state index is 0.380. The van der Waals surface area contributed by atoms with Crippen LogP contribution in [-0.2, 0) is 4.74 Å². The molecule has 1 aromatic carbocycles. The molecule has 0 bridgehead atoms. The van der Waals surface area contributed by atoms with Crippen LogP contribution in [0, 0.1) is 0 Å². The summed E-state index contributed by atoms with van der Waals surface area (Å²) in [4.78, 5) is 0.380. The fraction of sp³-hybridized carbons (Fsp3) is 0.364. The van der Waals surface area contributed by atoms with Gasteiger partial charge in [-0.05, 0) is 19.1 Å². The fourth-order valence-electron chi connectivity index (χ4n) is 1.10. The second kappa shape index (κ2) is 6.37. The molecule has 0 saturated heterocycles. The summed E-state index contributed by atoms with van der Waals surface area (Å²) in [5.74, 6) is 0.764. The lowest BCUT2D eigenvalue weighted by molar-refractivity contribution is 0.110. The Morgan fingerprint density at radius 3 is 2.87 bits per heavy atom. The van der Waals surface area contributed by atoms with Crippen LogP contribution in [0.3, 0.4) is 0 Å². The molecule has 1 rings (SSSR count). The van der Waals surface area contributed by atoms with Gasteiger partial charge in [0.05, 0.1) is 6.61 Å². The number of ether oxygens (including phenoxy) is 2. The van der Waals surface area contributed by atoms with Crippen molar-refractivity contribution in [1.82, 2.24) is 0 Å². The Kier molecular flexibility index (Phi) is 5.07. The Labute approximate surface area is 95.2 Å². The van der Waals surface area contributed by atoms with Crippen LogP contribution in [0.15, 0.2) is 24.3 Å². The zero-order valence-corrected chi connectivity index (χ0v) is 9.55. The Balaban J connectivity index is 2.47. The van der Waals surface area contributed by atoms with Gasteiger partial charge in [-0.15, -0.1) is 0 Å². The van der Waals surface area contributed by atoms with Gasteiger partial charge in [-0.25, -0.2) is 0 Å². The molecule has 0 aromatic heterocycles. The Morgan fingerprint density at radius 1 is 1.40 bits per heavy atom. The van der Waals surface area contributed by atoms with Gasteiger partial charge in [0.1, 0.15) is 17.3 Å². The summed E-state index contributed by atoms with van der Waals surface area (Å²) in [6, 6.07) is 7.42. The molecule has 0 unspecified atom stereocenters. The predicted molar refractivity (Wildman–Crippen MR) is 64.3 cm³/mol. The van der Waals surface area contributed by atoms with Crippen LogP contribution in [0.4, 0.5) is 0 Å². The molecule has 0 aliphatic carbocycles. The van der Waals surface area contributed by atoms with E-state index in [1.54, 1.807) is 0 Å². The van der Waals surface area contributed by atoms with E-state index in [2.05, 4.69) is 0 Å². The molecule has 0 saturated carbocycles. The van der Waals surface area contributed by atoms with Crippen molar-refractivity contribution in [2.24, 2.45) is 5.73 Å². The fourth-order valence-corrected chi connectivity index (χ4v) is 1.23. The molecular weight excluding hydrogens is 210 g/mol. The van der Waals surface area contributed by atoms with E-state index < -0.39 is 0 Å². The van der Waals surface area contributed by atoms with E-state index in [9.17, 15) is 0 Å². The van der Waals surface area contributed by atoms with Crippen LogP contribution < -0.4 is 10.5 Å². The number of nitrogens with two attached hydrogens (primary N) is 1. The largest absolute Gasteiger partial charge is 0.491 e. The lowest BCUT2D eigenvalue weighted by Crippen LogP contribution is -2.10. The first-order valence-corrected chi connectivity index (χ1v) is 5.25. The second-order valence-corrected chi connectivity index (χ2v) is 3.38. The third-order valence-corrected chi connectivity index (χ3v) is 2.05. The summed E-state index contributed by atoms with van der Waals surface area (Å²) in [6.07, 6.45) is 0. The maximum Gasteiger partial charge on any atom is 0.120 e. The molecule has 0 fully saturated rings. The van der Waals surface area contributed by atoms with Crippen molar-refractivity contribution < 1.29 is 9.47 Å². The number of hydrogen-bond acceptors (Lipinski definition) is 3. The standard InChI is InChI=1S/C11H15NO2S/c1-2-13-6-7-14-10-5-3-4-9(8-10)11(12)15/h3-5,8H,2,6-7H2,1H3,(H2,12,15). The molecule has 0 aliphatic rings. The van der Waals surface area contributed by atoms with Crippen LogP contribution in [0.1, 0.15) is 12.5 Å². The third kappa shape index (κ3) is 4.27. The monoisotopic (exact) mass is 225 g/mol. The molecule has 15 heavy (non-hydrogen) atoms. The first kappa shape index (κ1) is 11.9. The summed E-state index contributed by atoms with van der Waals surface area (Å²) < 4.78 is 10.6. The van der Waals surface area contributed by atoms with Crippen molar-refractivity contribution in [3.63, 3.8) is 0 Å². The number of rotatable bonds is 6. The smallest absolute Gasteiger partial charge is 0.120 e. The van der Waals surface area contributed by atoms with Crippen molar-refractivity contribution in [2.75, 3.05) is 19.8 Å². The Morgan fingerprint density at radius 2 is 2.20 bits per heavy atom. The molecule has 1 aromatic rings. The quantitative estimate of drug-likeness (QED) is 0.591. The van der Waals surface area contributed by atoms with Gasteiger partial charge in [0.25, 0.3) is 0 Å². The zero-order valence-electron chi connectivity index (χ0n) is 8.73. The van der Waals surface area contributed by atoms with Crippen molar-refractivity contribution in [1.29, 1.82) is 0 Å². The zero-order chi connectivity index (χ0) is 11.1. The van der Waals surface area contributed by atoms with E-state index in [0.29, 0.717) is 24.8 Å². The van der Waals surface area contributed by atoms with Gasteiger partial charge in [-0.2, -0.15) is 0 Å². The first-order valence-electron chi connectivity index (χ1n) is 4.84. The molecule has 3 nitrogen and oxygen atoms in total. The minimum atomic E-state index is 0.380. The average molecular weight is 225 g/mol. The van der Waals surface area contributed by atoms with Gasteiger partial charge >= 0.3 is 0 Å². The molecular formula is C11H15NO2S.